The number of aliphatic hydroxyl groups excluding tert-OH is 1. The largest absolute Gasteiger partial charge is 0.780 e. The summed E-state index contributed by atoms with van der Waals surface area (Å²) in [5, 5.41) is 10.7. The maximum atomic E-state index is 15.1. The topological polar surface area (TPSA) is 744 Å². The molecule has 5 aliphatic rings. The maximum Gasteiger partial charge on any atom is 0.351 e. The number of H-pyrrole nitrogens is 3. The van der Waals surface area contributed by atoms with E-state index in [4.69, 9.17) is 141 Å². The van der Waals surface area contributed by atoms with Gasteiger partial charge in [0.05, 0.1) is 105 Å². The molecule has 716 valence electrons. The number of fused-ring (bicyclic) bond motifs is 1. The molecule has 0 bridgehead atoms. The summed E-state index contributed by atoms with van der Waals surface area (Å²) < 4.78 is 200. The molecule has 0 aliphatic carbocycles. The van der Waals surface area contributed by atoms with E-state index in [9.17, 15) is 62.5 Å². The number of anilines is 3. The van der Waals surface area contributed by atoms with Gasteiger partial charge in [-0.3, -0.25) is 70.4 Å². The second-order valence-corrected chi connectivity index (χ2v) is 38.0. The molecule has 5 fully saturated rings. The number of hydrogen-bond acceptors (Lipinski definition) is 49. The number of aryl methyl sites for hydroxylation is 4. The second kappa shape index (κ2) is 44.2. The fourth-order valence-electron chi connectivity index (χ4n) is 13.9. The predicted molar refractivity (Wildman–Crippen MR) is 427 cm³/mol. The maximum absolute atomic E-state index is 15.1. The van der Waals surface area contributed by atoms with Gasteiger partial charge in [-0.05, 0) is 27.7 Å². The SMILES string of the molecule is COCCO[C@H]1C(OP(=O)([O-])OC[C@H]2O[C@@H](n3cnc4c(=O)[nH]c(N)nc43)[C@@H](OCCOC)C2OP(=O)([O-])OC[C@H]2O[C@@H](n3cc(C)c(=O)[nH]c3=O)[C@@H](OCCOC)C2OP(=O)([O-])OC[C@H]2O[C@@H](n3cc(C)c(=O)[nH]c3=O)[C@@H](OCCOC)C2OP(=O)(O)[S-])[C@@H](COP([O-])(=S)OC2[C@@H](CO)O[C@@H](n3cc(C)c(N)nc3=O)[C@H]2OCCOC)O[C@H]1n1cc(C)c(N)nc1=O. The normalized spacial score (nSPS) is 29.1. The van der Waals surface area contributed by atoms with Gasteiger partial charge in [-0.2, -0.15) is 15.0 Å². The average molecular weight is 1960 g/mol. The lowest BCUT2D eigenvalue weighted by atomic mass is 10.1. The zero-order valence-corrected chi connectivity index (χ0v) is 75.3. The first kappa shape index (κ1) is 102. The van der Waals surface area contributed by atoms with E-state index in [0.717, 1.165) is 37.0 Å². The third kappa shape index (κ3) is 25.2. The molecule has 5 saturated heterocycles. The van der Waals surface area contributed by atoms with Crippen LogP contribution in [-0.2, 0) is 154 Å². The lowest BCUT2D eigenvalue weighted by Gasteiger charge is -2.36. The van der Waals surface area contributed by atoms with Crippen molar-refractivity contribution in [3.8, 4) is 0 Å². The van der Waals surface area contributed by atoms with Gasteiger partial charge in [0.15, 0.2) is 49.1 Å². The van der Waals surface area contributed by atoms with E-state index in [-0.39, 0.29) is 80.2 Å². The van der Waals surface area contributed by atoms with Crippen molar-refractivity contribution in [2.45, 2.75) is 150 Å². The van der Waals surface area contributed by atoms with Crippen LogP contribution in [0.2, 0.25) is 0 Å². The minimum absolute atomic E-state index is 0.0588. The number of hydrogen-bond donors (Lipinski definition) is 8. The number of nitrogen functional groups attached to an aromatic ring is 3. The Morgan fingerprint density at radius 1 is 0.430 bits per heavy atom. The molecule has 11 heterocycles. The van der Waals surface area contributed by atoms with E-state index in [1.807, 2.05) is 0 Å². The van der Waals surface area contributed by atoms with Crippen molar-refractivity contribution in [1.29, 1.82) is 0 Å². The molecule has 56 nitrogen and oxygen atoms in total. The van der Waals surface area contributed by atoms with Crippen LogP contribution in [0.25, 0.3) is 11.2 Å². The third-order valence-corrected chi connectivity index (χ3v) is 25.1. The average Bonchev–Trinajstić information content (AvgIpc) is 1.61. The molecule has 0 aromatic carbocycles. The van der Waals surface area contributed by atoms with E-state index in [1.54, 1.807) is 0 Å². The summed E-state index contributed by atoms with van der Waals surface area (Å²) in [6.07, 6.45) is -32.0. The van der Waals surface area contributed by atoms with Crippen molar-refractivity contribution >= 4 is 89.8 Å². The summed E-state index contributed by atoms with van der Waals surface area (Å²) >= 11 is 10.1. The number of methoxy groups -OCH3 is 5. The molecule has 11 rings (SSSR count). The van der Waals surface area contributed by atoms with Crippen molar-refractivity contribution in [2.24, 2.45) is 0 Å². The minimum atomic E-state index is -6.28. The summed E-state index contributed by atoms with van der Waals surface area (Å²) in [4.78, 5) is 185. The molecule has 63 heteroatoms. The van der Waals surface area contributed by atoms with Gasteiger partial charge in [-0.1, -0.05) is 11.8 Å². The van der Waals surface area contributed by atoms with E-state index in [2.05, 4.69) is 47.1 Å². The van der Waals surface area contributed by atoms with Crippen molar-refractivity contribution in [2.75, 3.05) is 152 Å². The minimum Gasteiger partial charge on any atom is -0.780 e. The molecule has 10 unspecified atom stereocenters. The van der Waals surface area contributed by atoms with Crippen LogP contribution in [0.4, 0.5) is 17.6 Å². The van der Waals surface area contributed by atoms with Gasteiger partial charge in [0.25, 0.3) is 40.1 Å². The highest BCUT2D eigenvalue weighted by atomic mass is 32.7. The molecule has 25 atom stereocenters. The Morgan fingerprint density at radius 2 is 0.742 bits per heavy atom. The van der Waals surface area contributed by atoms with Gasteiger partial charge in [0, 0.05) is 82.6 Å². The highest BCUT2D eigenvalue weighted by molar-refractivity contribution is 8.32. The van der Waals surface area contributed by atoms with Crippen LogP contribution in [0, 0.1) is 27.7 Å². The molecular formula is C65H93N15O41P5S2-5. The van der Waals surface area contributed by atoms with E-state index in [1.165, 1.54) is 75.6 Å². The molecule has 0 radical (unpaired) electrons. The lowest BCUT2D eigenvalue weighted by Crippen LogP contribution is -2.43. The van der Waals surface area contributed by atoms with Crippen LogP contribution >= 0.6 is 37.0 Å². The molecule has 0 amide bonds. The Bertz CT molecular complexity index is 5530. The standard InChI is InChI=1S/C65H98N15O41P5S2/c1-30-20-76(62(85)70-50(30)66)56-45(103-15-10-98-5)40(34(24-81)112-56)121-126(97,128)111-28-38-43(47(105-17-12-100-7)57(115-38)77-21-31(2)51(67)71-63(77)86)119-123(91,92)109-26-36-42(48(106-18-13-101-8)60(116-36)80-29-69-39-52(80)72-61(68)73-55(39)84)118-122(89,90)108-25-35-41(46(104-16-11-99-6)58(113-35)78-22-32(3)53(82)74-64(78)87)117-124(93,94)110-27-37-44(120-125(95,96)127)49(107-19-14-102-9)59(114-37)79-23-33(4)54(83)75-65(79)88/h20-23,29,34-38,40-49,56-60,81H,10-19,24-28H2,1-9H3,(H,89,90)(H,91,92)(H,93,94)(H,97,128)(H2,66,70,85)(H2,67,71,86)(H,74,82,87)(H,75,83,88)(H2,95,96,127)(H3,68,72,73,84)/p-5/t34-,35-,36-,37-,38-,40?,41?,42?,43?,44?,45+,46+,47+,48+,49+,56-,57-,58-,59-,60-,126?/m1/s1. The zero-order valence-electron chi connectivity index (χ0n) is 69.2. The number of ether oxygens (including phenoxy) is 15. The first-order chi connectivity index (χ1) is 60.5. The Balaban J connectivity index is 0.915. The quantitative estimate of drug-likeness (QED) is 0.0100. The van der Waals surface area contributed by atoms with Crippen LogP contribution < -0.4 is 76.2 Å². The summed E-state index contributed by atoms with van der Waals surface area (Å²) in [5.41, 5.74) is 10.4. The van der Waals surface area contributed by atoms with Crippen LogP contribution in [0.15, 0.2) is 64.7 Å². The van der Waals surface area contributed by atoms with Gasteiger partial charge < -0.3 is 171 Å². The number of nitrogens with one attached hydrogen (secondary N) is 3. The monoisotopic (exact) mass is 1960 g/mol. The Morgan fingerprint density at radius 3 is 1.09 bits per heavy atom. The molecule has 5 aliphatic heterocycles. The van der Waals surface area contributed by atoms with Gasteiger partial charge >= 0.3 is 22.8 Å². The first-order valence-corrected chi connectivity index (χ1v) is 47.8. The number of imidazole rings is 1. The number of aliphatic hydroxyl groups is 1. The highest BCUT2D eigenvalue weighted by Crippen LogP contribution is 2.55. The van der Waals surface area contributed by atoms with Gasteiger partial charge in [0.1, 0.15) is 110 Å². The molecule has 0 spiro atoms. The highest BCUT2D eigenvalue weighted by Gasteiger charge is 2.57. The van der Waals surface area contributed by atoms with Crippen LogP contribution in [-0.4, -0.2) is 294 Å². The molecule has 6 aromatic rings. The van der Waals surface area contributed by atoms with Crippen LogP contribution in [0.5, 0.6) is 0 Å². The van der Waals surface area contributed by atoms with E-state index < -0.39 is 263 Å². The number of nitrogens with two attached hydrogens (primary N) is 3. The van der Waals surface area contributed by atoms with Crippen molar-refractivity contribution < 1.29 is 160 Å². The number of phosphoric ester groups is 3. The summed E-state index contributed by atoms with van der Waals surface area (Å²) in [5.74, 6) is -0.867. The number of aromatic amines is 3. The Kier molecular flexibility index (Phi) is 35.2. The number of rotatable bonds is 48. The van der Waals surface area contributed by atoms with Crippen LogP contribution in [0.3, 0.4) is 0 Å². The molecule has 6 aromatic heterocycles. The molecule has 128 heavy (non-hydrogen) atoms. The summed E-state index contributed by atoms with van der Waals surface area (Å²) in [6.45, 7) is -13.7. The predicted octanol–water partition coefficient (Wildman–Crippen LogP) is -6.02. The lowest BCUT2D eigenvalue weighted by molar-refractivity contribution is -0.241. The Labute approximate surface area is 732 Å². The van der Waals surface area contributed by atoms with Gasteiger partial charge in [0.2, 0.25) is 5.95 Å². The molecule has 0 saturated carbocycles. The Hall–Kier alpha value is -6.41. The van der Waals surface area contributed by atoms with E-state index in [0.29, 0.717) is 10.1 Å². The van der Waals surface area contributed by atoms with Crippen molar-refractivity contribution in [3.05, 3.63) is 126 Å². The van der Waals surface area contributed by atoms with Crippen molar-refractivity contribution in [3.63, 3.8) is 0 Å². The molecule has 11 N–H and O–H groups in total. The third-order valence-electron chi connectivity index (χ3n) is 19.9. The first-order valence-electron chi connectivity index (χ1n) is 38.3. The molecular weight excluding hydrogens is 1870 g/mol. The zero-order chi connectivity index (χ0) is 93.2. The second-order valence-electron chi connectivity index (χ2n) is 28.7. The summed E-state index contributed by atoms with van der Waals surface area (Å²) in [7, 11) is -12.2. The van der Waals surface area contributed by atoms with Gasteiger partial charge in [-0.15, -0.1) is 0 Å². The number of phosphoric acid groups is 3. The van der Waals surface area contributed by atoms with Gasteiger partial charge in [-0.25, -0.2) is 24.2 Å². The van der Waals surface area contributed by atoms with E-state index >= 15 is 18.9 Å². The number of aromatic nitrogens is 12. The number of nitrogens with zero attached hydrogens (tertiary/aromatic N) is 9. The fraction of sp³-hybridized carbons (Fsp3) is 0.677. The van der Waals surface area contributed by atoms with Crippen LogP contribution in [0.1, 0.15) is 53.4 Å². The smallest absolute Gasteiger partial charge is 0.351 e. The fourth-order valence-corrected chi connectivity index (χ4v) is 19.1. The summed E-state index contributed by atoms with van der Waals surface area (Å²) in [6, 6.07) is 0. The van der Waals surface area contributed by atoms with Crippen molar-refractivity contribution in [1.82, 2.24) is 57.7 Å².